The highest BCUT2D eigenvalue weighted by Crippen LogP contribution is 2.28. The molecular formula is C16H21NO2. The average Bonchev–Trinajstić information content (AvgIpc) is 2.85. The first-order chi connectivity index (χ1) is 9.29. The fourth-order valence-corrected chi connectivity index (χ4v) is 2.64. The molecule has 1 aliphatic carbocycles. The Morgan fingerprint density at radius 2 is 2.16 bits per heavy atom. The van der Waals surface area contributed by atoms with Crippen LogP contribution < -0.4 is 5.32 Å². The molecule has 1 saturated carbocycles. The van der Waals surface area contributed by atoms with Gasteiger partial charge in [0.25, 0.3) is 0 Å². The molecule has 1 N–H and O–H groups in total. The molecule has 3 heteroatoms. The Bertz CT molecular complexity index is 416. The van der Waals surface area contributed by atoms with E-state index in [1.54, 1.807) is 0 Å². The number of allylic oxidation sites excluding steroid dienone is 1. The number of benzene rings is 1. The highest BCUT2D eigenvalue weighted by molar-refractivity contribution is 5.67. The second-order valence-corrected chi connectivity index (χ2v) is 5.03. The molecule has 1 amide bonds. The average molecular weight is 259 g/mol. The van der Waals surface area contributed by atoms with E-state index in [2.05, 4.69) is 11.9 Å². The van der Waals surface area contributed by atoms with Gasteiger partial charge in [0.2, 0.25) is 0 Å². The normalized spacial score (nSPS) is 21.9. The molecule has 0 aliphatic heterocycles. The van der Waals surface area contributed by atoms with Gasteiger partial charge in [-0.15, -0.1) is 6.58 Å². The summed E-state index contributed by atoms with van der Waals surface area (Å²) in [6.07, 6.45) is 5.95. The van der Waals surface area contributed by atoms with Crippen molar-refractivity contribution in [3.05, 3.63) is 48.6 Å². The first-order valence-corrected chi connectivity index (χ1v) is 6.87. The number of carbonyl (C=O) groups is 1. The number of rotatable bonds is 5. The Hall–Kier alpha value is -1.77. The lowest BCUT2D eigenvalue weighted by Crippen LogP contribution is -2.37. The molecule has 0 bridgehead atoms. The number of alkyl carbamates (subject to hydrolysis) is 1. The van der Waals surface area contributed by atoms with E-state index < -0.39 is 0 Å². The summed E-state index contributed by atoms with van der Waals surface area (Å²) in [6, 6.07) is 9.96. The van der Waals surface area contributed by atoms with Gasteiger partial charge in [-0.05, 0) is 30.7 Å². The molecule has 0 saturated heterocycles. The van der Waals surface area contributed by atoms with Crippen LogP contribution in [-0.4, -0.2) is 12.1 Å². The molecule has 102 valence electrons. The van der Waals surface area contributed by atoms with Crippen LogP contribution in [0.5, 0.6) is 0 Å². The monoisotopic (exact) mass is 259 g/mol. The third-order valence-corrected chi connectivity index (χ3v) is 3.64. The van der Waals surface area contributed by atoms with Crippen molar-refractivity contribution in [1.82, 2.24) is 5.32 Å². The molecular weight excluding hydrogens is 238 g/mol. The van der Waals surface area contributed by atoms with E-state index in [1.807, 2.05) is 36.4 Å². The summed E-state index contributed by atoms with van der Waals surface area (Å²) in [4.78, 5) is 11.8. The van der Waals surface area contributed by atoms with Crippen molar-refractivity contribution in [2.24, 2.45) is 5.92 Å². The van der Waals surface area contributed by atoms with Crippen LogP contribution in [0.25, 0.3) is 0 Å². The van der Waals surface area contributed by atoms with Crippen LogP contribution in [0.2, 0.25) is 0 Å². The Kier molecular flexibility index (Phi) is 5.01. The standard InChI is InChI=1S/C16H21NO2/c1-2-7-14-10-6-11-15(14)17-16(18)19-12-13-8-4-3-5-9-13/h2-5,8-9,14-15H,1,6-7,10-12H2,(H,17,18)/t14-,15+/m1/s1. The van der Waals surface area contributed by atoms with Crippen molar-refractivity contribution in [3.63, 3.8) is 0 Å². The fraction of sp³-hybridized carbons (Fsp3) is 0.438. The number of hydrogen-bond donors (Lipinski definition) is 1. The zero-order chi connectivity index (χ0) is 13.5. The van der Waals surface area contributed by atoms with Gasteiger partial charge in [-0.25, -0.2) is 4.79 Å². The summed E-state index contributed by atoms with van der Waals surface area (Å²) in [5, 5.41) is 2.98. The van der Waals surface area contributed by atoms with E-state index >= 15 is 0 Å². The largest absolute Gasteiger partial charge is 0.445 e. The van der Waals surface area contributed by atoms with Gasteiger partial charge in [0.15, 0.2) is 0 Å². The molecule has 0 heterocycles. The number of carbonyl (C=O) groups excluding carboxylic acids is 1. The van der Waals surface area contributed by atoms with Crippen LogP contribution in [0.4, 0.5) is 4.79 Å². The molecule has 0 aromatic heterocycles. The van der Waals surface area contributed by atoms with Gasteiger partial charge in [-0.2, -0.15) is 0 Å². The lowest BCUT2D eigenvalue weighted by Gasteiger charge is -2.19. The second kappa shape index (κ2) is 6.98. The zero-order valence-electron chi connectivity index (χ0n) is 11.2. The predicted molar refractivity (Wildman–Crippen MR) is 75.7 cm³/mol. The highest BCUT2D eigenvalue weighted by Gasteiger charge is 2.27. The van der Waals surface area contributed by atoms with E-state index in [4.69, 9.17) is 4.74 Å². The quantitative estimate of drug-likeness (QED) is 0.819. The smallest absolute Gasteiger partial charge is 0.407 e. The third kappa shape index (κ3) is 4.12. The third-order valence-electron chi connectivity index (χ3n) is 3.64. The highest BCUT2D eigenvalue weighted by atomic mass is 16.5. The van der Waals surface area contributed by atoms with Gasteiger partial charge in [-0.1, -0.05) is 42.8 Å². The summed E-state index contributed by atoms with van der Waals surface area (Å²) in [5.41, 5.74) is 1.01. The maximum atomic E-state index is 11.8. The van der Waals surface area contributed by atoms with Crippen molar-refractivity contribution < 1.29 is 9.53 Å². The number of ether oxygens (including phenoxy) is 1. The molecule has 3 nitrogen and oxygen atoms in total. The number of nitrogens with one attached hydrogen (secondary N) is 1. The van der Waals surface area contributed by atoms with Crippen molar-refractivity contribution in [1.29, 1.82) is 0 Å². The SMILES string of the molecule is C=CC[C@@H]1CCC[C@@H]1NC(=O)OCc1ccccc1. The maximum absolute atomic E-state index is 11.8. The van der Waals surface area contributed by atoms with Crippen molar-refractivity contribution >= 4 is 6.09 Å². The topological polar surface area (TPSA) is 38.3 Å². The van der Waals surface area contributed by atoms with Gasteiger partial charge in [-0.3, -0.25) is 0 Å². The summed E-state index contributed by atoms with van der Waals surface area (Å²) >= 11 is 0. The summed E-state index contributed by atoms with van der Waals surface area (Å²) < 4.78 is 5.24. The second-order valence-electron chi connectivity index (χ2n) is 5.03. The Morgan fingerprint density at radius 1 is 1.37 bits per heavy atom. The fourth-order valence-electron chi connectivity index (χ4n) is 2.64. The first-order valence-electron chi connectivity index (χ1n) is 6.87. The minimum absolute atomic E-state index is 0.237. The van der Waals surface area contributed by atoms with Crippen LogP contribution in [-0.2, 0) is 11.3 Å². The van der Waals surface area contributed by atoms with Gasteiger partial charge in [0.1, 0.15) is 6.61 Å². The molecule has 1 aromatic rings. The van der Waals surface area contributed by atoms with Gasteiger partial charge in [0.05, 0.1) is 0 Å². The van der Waals surface area contributed by atoms with Crippen LogP contribution in [0.15, 0.2) is 43.0 Å². The summed E-state index contributed by atoms with van der Waals surface area (Å²) in [6.45, 7) is 4.09. The molecule has 1 fully saturated rings. The van der Waals surface area contributed by atoms with Gasteiger partial charge in [0, 0.05) is 6.04 Å². The van der Waals surface area contributed by atoms with E-state index in [1.165, 1.54) is 6.42 Å². The molecule has 19 heavy (non-hydrogen) atoms. The first kappa shape index (κ1) is 13.7. The van der Waals surface area contributed by atoms with Crippen LogP contribution in [0.1, 0.15) is 31.2 Å². The number of hydrogen-bond acceptors (Lipinski definition) is 2. The van der Waals surface area contributed by atoms with Crippen molar-refractivity contribution in [2.75, 3.05) is 0 Å². The number of amides is 1. The van der Waals surface area contributed by atoms with E-state index in [9.17, 15) is 4.79 Å². The van der Waals surface area contributed by atoms with Crippen molar-refractivity contribution in [3.8, 4) is 0 Å². The zero-order valence-corrected chi connectivity index (χ0v) is 11.2. The Morgan fingerprint density at radius 3 is 2.89 bits per heavy atom. The molecule has 2 atom stereocenters. The van der Waals surface area contributed by atoms with Gasteiger partial charge >= 0.3 is 6.09 Å². The molecule has 0 spiro atoms. The molecule has 0 radical (unpaired) electrons. The maximum Gasteiger partial charge on any atom is 0.407 e. The van der Waals surface area contributed by atoms with E-state index in [0.29, 0.717) is 12.5 Å². The lowest BCUT2D eigenvalue weighted by molar-refractivity contribution is 0.133. The predicted octanol–water partition coefficient (Wildman–Crippen LogP) is 3.66. The molecule has 0 unspecified atom stereocenters. The van der Waals surface area contributed by atoms with Crippen molar-refractivity contribution in [2.45, 2.75) is 38.3 Å². The molecule has 2 rings (SSSR count). The van der Waals surface area contributed by atoms with Crippen LogP contribution in [0.3, 0.4) is 0 Å². The Labute approximate surface area is 114 Å². The van der Waals surface area contributed by atoms with Crippen LogP contribution in [0, 0.1) is 5.92 Å². The van der Waals surface area contributed by atoms with E-state index in [-0.39, 0.29) is 12.1 Å². The molecule has 1 aromatic carbocycles. The van der Waals surface area contributed by atoms with Gasteiger partial charge < -0.3 is 10.1 Å². The Balaban J connectivity index is 1.76. The lowest BCUT2D eigenvalue weighted by atomic mass is 10.00. The minimum atomic E-state index is -0.315. The van der Waals surface area contributed by atoms with E-state index in [0.717, 1.165) is 24.8 Å². The van der Waals surface area contributed by atoms with Crippen LogP contribution >= 0.6 is 0 Å². The summed E-state index contributed by atoms with van der Waals surface area (Å²) in [5.74, 6) is 0.516. The molecule has 1 aliphatic rings. The summed E-state index contributed by atoms with van der Waals surface area (Å²) in [7, 11) is 0. The minimum Gasteiger partial charge on any atom is -0.445 e.